The number of carbonyl (C=O) groups is 2. The van der Waals surface area contributed by atoms with Crippen LogP contribution in [0.4, 0.5) is 0 Å². The summed E-state index contributed by atoms with van der Waals surface area (Å²) in [4.78, 5) is 24.0. The van der Waals surface area contributed by atoms with Crippen LogP contribution in [-0.4, -0.2) is 24.1 Å². The Morgan fingerprint density at radius 1 is 0.895 bits per heavy atom. The first-order valence-corrected chi connectivity index (χ1v) is 6.74. The Kier molecular flexibility index (Phi) is 5.80. The summed E-state index contributed by atoms with van der Waals surface area (Å²) in [6, 6.07) is 0. The van der Waals surface area contributed by atoms with E-state index in [1.165, 1.54) is 0 Å². The molecule has 106 valence electrons. The van der Waals surface area contributed by atoms with E-state index in [2.05, 4.69) is 0 Å². The van der Waals surface area contributed by atoms with Crippen LogP contribution in [0.15, 0.2) is 23.3 Å². The molecule has 4 nitrogen and oxygen atoms in total. The second-order valence-electron chi connectivity index (χ2n) is 5.07. The molecule has 0 unspecified atom stereocenters. The zero-order chi connectivity index (χ0) is 14.4. The largest absolute Gasteiger partial charge is 0.459 e. The van der Waals surface area contributed by atoms with Crippen molar-refractivity contribution in [2.45, 2.75) is 59.2 Å². The van der Waals surface area contributed by atoms with E-state index in [4.69, 9.17) is 9.47 Å². The third-order valence-corrected chi connectivity index (χ3v) is 2.52. The monoisotopic (exact) mass is 266 g/mol. The molecule has 4 heteroatoms. The van der Waals surface area contributed by atoms with Gasteiger partial charge in [-0.3, -0.25) is 0 Å². The lowest BCUT2D eigenvalue weighted by molar-refractivity contribution is -0.146. The molecule has 0 aromatic carbocycles. The molecule has 0 atom stereocenters. The van der Waals surface area contributed by atoms with Crippen molar-refractivity contribution in [1.82, 2.24) is 0 Å². The topological polar surface area (TPSA) is 52.6 Å². The predicted octanol–water partition coefficient (Wildman–Crippen LogP) is 2.93. The molecule has 0 saturated carbocycles. The summed E-state index contributed by atoms with van der Waals surface area (Å²) in [7, 11) is 0. The van der Waals surface area contributed by atoms with E-state index in [9.17, 15) is 9.59 Å². The third-order valence-electron chi connectivity index (χ3n) is 2.52. The standard InChI is InChI=1S/C15H22O4/c1-10(2)18-14(16)12-8-6-5-7-9-13(12)15(17)19-11(3)4/h8-11H,5-7H2,1-4H3. The molecule has 1 rings (SSSR count). The van der Waals surface area contributed by atoms with Crippen molar-refractivity contribution in [3.63, 3.8) is 0 Å². The van der Waals surface area contributed by atoms with Crippen molar-refractivity contribution in [2.24, 2.45) is 0 Å². The number of rotatable bonds is 4. The Labute approximate surface area is 114 Å². The van der Waals surface area contributed by atoms with Crippen LogP contribution in [0.2, 0.25) is 0 Å². The summed E-state index contributed by atoms with van der Waals surface area (Å²) in [5.41, 5.74) is 0.661. The maximum absolute atomic E-state index is 12.0. The van der Waals surface area contributed by atoms with Gasteiger partial charge in [0.1, 0.15) is 0 Å². The van der Waals surface area contributed by atoms with Gasteiger partial charge >= 0.3 is 11.9 Å². The van der Waals surface area contributed by atoms with E-state index in [-0.39, 0.29) is 12.2 Å². The fourth-order valence-corrected chi connectivity index (χ4v) is 1.77. The Morgan fingerprint density at radius 3 is 1.58 bits per heavy atom. The Morgan fingerprint density at radius 2 is 1.26 bits per heavy atom. The summed E-state index contributed by atoms with van der Waals surface area (Å²) < 4.78 is 10.3. The maximum Gasteiger partial charge on any atom is 0.338 e. The lowest BCUT2D eigenvalue weighted by Crippen LogP contribution is -2.21. The molecular formula is C15H22O4. The van der Waals surface area contributed by atoms with Gasteiger partial charge in [-0.05, 0) is 47.0 Å². The molecule has 0 aromatic heterocycles. The van der Waals surface area contributed by atoms with E-state index in [1.807, 2.05) is 0 Å². The van der Waals surface area contributed by atoms with Gasteiger partial charge in [-0.15, -0.1) is 0 Å². The van der Waals surface area contributed by atoms with Crippen molar-refractivity contribution < 1.29 is 19.1 Å². The van der Waals surface area contributed by atoms with Gasteiger partial charge in [0.2, 0.25) is 0 Å². The molecule has 0 amide bonds. The van der Waals surface area contributed by atoms with Crippen LogP contribution in [0.1, 0.15) is 47.0 Å². The van der Waals surface area contributed by atoms with Gasteiger partial charge in [0.15, 0.2) is 0 Å². The van der Waals surface area contributed by atoms with Crippen LogP contribution in [0.25, 0.3) is 0 Å². The minimum atomic E-state index is -0.455. The molecule has 0 fully saturated rings. The van der Waals surface area contributed by atoms with Crippen molar-refractivity contribution in [3.05, 3.63) is 23.3 Å². The van der Waals surface area contributed by atoms with Crippen LogP contribution < -0.4 is 0 Å². The molecule has 19 heavy (non-hydrogen) atoms. The second kappa shape index (κ2) is 7.12. The van der Waals surface area contributed by atoms with Crippen LogP contribution in [-0.2, 0) is 19.1 Å². The number of allylic oxidation sites excluding steroid dienone is 2. The minimum Gasteiger partial charge on any atom is -0.459 e. The van der Waals surface area contributed by atoms with E-state index in [0.29, 0.717) is 11.1 Å². The third kappa shape index (κ3) is 4.89. The molecule has 0 radical (unpaired) electrons. The zero-order valence-corrected chi connectivity index (χ0v) is 12.1. The Bertz CT molecular complexity index is 364. The van der Waals surface area contributed by atoms with E-state index in [1.54, 1.807) is 39.8 Å². The van der Waals surface area contributed by atoms with Crippen LogP contribution in [0, 0.1) is 0 Å². The molecule has 1 aliphatic carbocycles. The number of carbonyl (C=O) groups excluding carboxylic acids is 2. The summed E-state index contributed by atoms with van der Waals surface area (Å²) >= 11 is 0. The highest BCUT2D eigenvalue weighted by Crippen LogP contribution is 2.22. The lowest BCUT2D eigenvalue weighted by atomic mass is 10.1. The van der Waals surface area contributed by atoms with Gasteiger partial charge in [-0.1, -0.05) is 12.2 Å². The molecule has 1 aliphatic rings. The van der Waals surface area contributed by atoms with E-state index < -0.39 is 11.9 Å². The van der Waals surface area contributed by atoms with Crippen LogP contribution >= 0.6 is 0 Å². The van der Waals surface area contributed by atoms with Gasteiger partial charge in [-0.25, -0.2) is 9.59 Å². The lowest BCUT2D eigenvalue weighted by Gasteiger charge is -2.14. The van der Waals surface area contributed by atoms with E-state index >= 15 is 0 Å². The Hall–Kier alpha value is -1.58. The molecule has 0 heterocycles. The summed E-state index contributed by atoms with van der Waals surface area (Å²) in [5.74, 6) is -0.910. The van der Waals surface area contributed by atoms with Gasteiger partial charge < -0.3 is 9.47 Å². The number of ether oxygens (including phenoxy) is 2. The fraction of sp³-hybridized carbons (Fsp3) is 0.600. The Balaban J connectivity index is 2.93. The first-order valence-electron chi connectivity index (χ1n) is 6.74. The van der Waals surface area contributed by atoms with Gasteiger partial charge in [0.05, 0.1) is 23.4 Å². The zero-order valence-electron chi connectivity index (χ0n) is 12.1. The highest BCUT2D eigenvalue weighted by molar-refractivity contribution is 6.07. The van der Waals surface area contributed by atoms with Crippen LogP contribution in [0.3, 0.4) is 0 Å². The molecule has 0 aliphatic heterocycles. The first-order chi connectivity index (χ1) is 8.91. The summed E-state index contributed by atoms with van der Waals surface area (Å²) in [6.07, 6.45) is 5.56. The summed E-state index contributed by atoms with van der Waals surface area (Å²) in [6.45, 7) is 7.13. The number of hydrogen-bond donors (Lipinski definition) is 0. The van der Waals surface area contributed by atoms with Gasteiger partial charge in [0.25, 0.3) is 0 Å². The quantitative estimate of drug-likeness (QED) is 0.734. The SMILES string of the molecule is CC(C)OC(=O)C1=CCCCC=C1C(=O)OC(C)C. The van der Waals surface area contributed by atoms with Crippen molar-refractivity contribution >= 4 is 11.9 Å². The molecule has 0 bridgehead atoms. The average molecular weight is 266 g/mol. The van der Waals surface area contributed by atoms with Crippen molar-refractivity contribution in [3.8, 4) is 0 Å². The maximum atomic E-state index is 12.0. The van der Waals surface area contributed by atoms with Crippen molar-refractivity contribution in [1.29, 1.82) is 0 Å². The van der Waals surface area contributed by atoms with E-state index in [0.717, 1.165) is 19.3 Å². The normalized spacial score (nSPS) is 15.7. The molecule has 0 N–H and O–H groups in total. The van der Waals surface area contributed by atoms with Gasteiger partial charge in [0, 0.05) is 0 Å². The molecular weight excluding hydrogens is 244 g/mol. The smallest absolute Gasteiger partial charge is 0.338 e. The molecule has 0 spiro atoms. The molecule has 0 saturated heterocycles. The fourth-order valence-electron chi connectivity index (χ4n) is 1.77. The molecule has 0 aromatic rings. The first kappa shape index (κ1) is 15.5. The number of hydrogen-bond acceptors (Lipinski definition) is 4. The second-order valence-corrected chi connectivity index (χ2v) is 5.07. The van der Waals surface area contributed by atoms with Crippen LogP contribution in [0.5, 0.6) is 0 Å². The highest BCUT2D eigenvalue weighted by atomic mass is 16.5. The highest BCUT2D eigenvalue weighted by Gasteiger charge is 2.25. The predicted molar refractivity (Wildman–Crippen MR) is 72.5 cm³/mol. The minimum absolute atomic E-state index is 0.209. The summed E-state index contributed by atoms with van der Waals surface area (Å²) in [5, 5.41) is 0. The number of esters is 2. The van der Waals surface area contributed by atoms with Gasteiger partial charge in [-0.2, -0.15) is 0 Å². The average Bonchev–Trinajstić information content (AvgIpc) is 2.51. The van der Waals surface area contributed by atoms with Crippen molar-refractivity contribution in [2.75, 3.05) is 0 Å².